The zero-order chi connectivity index (χ0) is 13.0. The molecule has 1 atom stereocenters. The van der Waals surface area contributed by atoms with Crippen molar-refractivity contribution in [2.24, 2.45) is 5.92 Å². The van der Waals surface area contributed by atoms with Crippen molar-refractivity contribution in [3.8, 4) is 0 Å². The van der Waals surface area contributed by atoms with Crippen LogP contribution in [0.4, 0.5) is 0 Å². The zero-order valence-corrected chi connectivity index (χ0v) is 12.0. The fourth-order valence-electron chi connectivity index (χ4n) is 1.31. The van der Waals surface area contributed by atoms with Gasteiger partial charge in [0.15, 0.2) is 0 Å². The first-order valence-electron chi connectivity index (χ1n) is 5.32. The second-order valence-corrected chi connectivity index (χ2v) is 5.40. The molecule has 3 nitrogen and oxygen atoms in total. The largest absolute Gasteiger partial charge is 0.394 e. The summed E-state index contributed by atoms with van der Waals surface area (Å²) in [5.41, 5.74) is 0.514. The molecule has 0 aromatic heterocycles. The molecule has 1 aromatic carbocycles. The van der Waals surface area contributed by atoms with Gasteiger partial charge in [0.1, 0.15) is 0 Å². The minimum atomic E-state index is -0.239. The molecule has 1 rings (SSSR count). The summed E-state index contributed by atoms with van der Waals surface area (Å²) in [6.07, 6.45) is 0. The molecule has 0 saturated heterocycles. The van der Waals surface area contributed by atoms with Gasteiger partial charge < -0.3 is 10.4 Å². The molecule has 0 aliphatic carbocycles. The van der Waals surface area contributed by atoms with E-state index in [0.717, 1.165) is 0 Å². The van der Waals surface area contributed by atoms with E-state index in [0.29, 0.717) is 15.1 Å². The highest BCUT2D eigenvalue weighted by molar-refractivity contribution is 9.10. The first-order valence-corrected chi connectivity index (χ1v) is 6.49. The Kier molecular flexibility index (Phi) is 5.43. The second kappa shape index (κ2) is 6.38. The lowest BCUT2D eigenvalue weighted by Crippen LogP contribution is -2.41. The van der Waals surface area contributed by atoms with Gasteiger partial charge in [-0.1, -0.05) is 25.4 Å². The Labute approximate surface area is 114 Å². The Balaban J connectivity index is 2.79. The first-order chi connectivity index (χ1) is 7.95. The normalized spacial score (nSPS) is 12.6. The van der Waals surface area contributed by atoms with E-state index in [-0.39, 0.29) is 24.5 Å². The molecule has 0 unspecified atom stereocenters. The van der Waals surface area contributed by atoms with Crippen LogP contribution in [0, 0.1) is 5.92 Å². The van der Waals surface area contributed by atoms with Crippen molar-refractivity contribution >= 4 is 33.4 Å². The number of rotatable bonds is 4. The summed E-state index contributed by atoms with van der Waals surface area (Å²) >= 11 is 9.12. The Morgan fingerprint density at radius 3 is 2.65 bits per heavy atom. The van der Waals surface area contributed by atoms with Gasteiger partial charge in [-0.2, -0.15) is 0 Å². The number of carbonyl (C=O) groups excluding carboxylic acids is 1. The van der Waals surface area contributed by atoms with Gasteiger partial charge >= 0.3 is 0 Å². The smallest absolute Gasteiger partial charge is 0.251 e. The molecule has 2 N–H and O–H groups in total. The molecule has 5 heteroatoms. The minimum Gasteiger partial charge on any atom is -0.394 e. The van der Waals surface area contributed by atoms with Gasteiger partial charge in [0, 0.05) is 10.0 Å². The third-order valence-corrected chi connectivity index (χ3v) is 3.71. The number of benzene rings is 1. The lowest BCUT2D eigenvalue weighted by Gasteiger charge is -2.19. The molecule has 17 heavy (non-hydrogen) atoms. The SMILES string of the molecule is CC(C)[C@@H](CO)NC(=O)c1ccc(Cl)c(Br)c1. The summed E-state index contributed by atoms with van der Waals surface area (Å²) in [6.45, 7) is 3.82. The lowest BCUT2D eigenvalue weighted by atomic mass is 10.0. The van der Waals surface area contributed by atoms with Crippen LogP contribution in [0.3, 0.4) is 0 Å². The number of hydrogen-bond donors (Lipinski definition) is 2. The number of carbonyl (C=O) groups is 1. The molecule has 0 spiro atoms. The quantitative estimate of drug-likeness (QED) is 0.896. The van der Waals surface area contributed by atoms with Crippen LogP contribution in [-0.2, 0) is 0 Å². The minimum absolute atomic E-state index is 0.0713. The highest BCUT2D eigenvalue weighted by Gasteiger charge is 2.16. The van der Waals surface area contributed by atoms with Crippen LogP contribution in [-0.4, -0.2) is 23.7 Å². The number of halogens is 2. The van der Waals surface area contributed by atoms with Crippen LogP contribution in [0.25, 0.3) is 0 Å². The summed E-state index contributed by atoms with van der Waals surface area (Å²) in [7, 11) is 0. The van der Waals surface area contributed by atoms with Crippen LogP contribution < -0.4 is 5.32 Å². The number of hydrogen-bond acceptors (Lipinski definition) is 2. The molecule has 94 valence electrons. The molecule has 1 aromatic rings. The average molecular weight is 321 g/mol. The van der Waals surface area contributed by atoms with E-state index in [2.05, 4.69) is 21.2 Å². The van der Waals surface area contributed by atoms with E-state index in [1.807, 2.05) is 13.8 Å². The maximum absolute atomic E-state index is 11.9. The van der Waals surface area contributed by atoms with Gasteiger partial charge in [0.2, 0.25) is 0 Å². The summed E-state index contributed by atoms with van der Waals surface area (Å²) < 4.78 is 0.678. The van der Waals surface area contributed by atoms with Gasteiger partial charge in [-0.25, -0.2) is 0 Å². The molecule has 0 bridgehead atoms. The molecule has 0 heterocycles. The second-order valence-electron chi connectivity index (χ2n) is 4.14. The van der Waals surface area contributed by atoms with Crippen LogP contribution in [0.15, 0.2) is 22.7 Å². The van der Waals surface area contributed by atoms with Crippen molar-refractivity contribution in [2.45, 2.75) is 19.9 Å². The standard InChI is InChI=1S/C12H15BrClNO2/c1-7(2)11(6-16)15-12(17)8-3-4-10(14)9(13)5-8/h3-5,7,11,16H,6H2,1-2H3,(H,15,17)/t11-/m1/s1. The Hall–Kier alpha value is -0.580. The zero-order valence-electron chi connectivity index (χ0n) is 9.71. The van der Waals surface area contributed by atoms with Crippen LogP contribution in [0.2, 0.25) is 5.02 Å². The number of amides is 1. The molecular formula is C12H15BrClNO2. The van der Waals surface area contributed by atoms with Crippen LogP contribution >= 0.6 is 27.5 Å². The maximum atomic E-state index is 11.9. The van der Waals surface area contributed by atoms with Crippen molar-refractivity contribution in [1.82, 2.24) is 5.32 Å². The molecule has 1 amide bonds. The third kappa shape index (κ3) is 3.98. The summed E-state index contributed by atoms with van der Waals surface area (Å²) in [6, 6.07) is 4.73. The van der Waals surface area contributed by atoms with E-state index in [1.165, 1.54) is 0 Å². The van der Waals surface area contributed by atoms with Crippen LogP contribution in [0.5, 0.6) is 0 Å². The van der Waals surface area contributed by atoms with Gasteiger partial charge in [-0.05, 0) is 40.0 Å². The molecule has 0 aliphatic rings. The Bertz CT molecular complexity index is 409. The Morgan fingerprint density at radius 2 is 2.18 bits per heavy atom. The van der Waals surface area contributed by atoms with Crippen LogP contribution in [0.1, 0.15) is 24.2 Å². The number of nitrogens with one attached hydrogen (secondary N) is 1. The lowest BCUT2D eigenvalue weighted by molar-refractivity contribution is 0.0897. The first kappa shape index (κ1) is 14.5. The maximum Gasteiger partial charge on any atom is 0.251 e. The van der Waals surface area contributed by atoms with E-state index in [4.69, 9.17) is 16.7 Å². The molecular weight excluding hydrogens is 305 g/mol. The average Bonchev–Trinajstić information content (AvgIpc) is 2.28. The van der Waals surface area contributed by atoms with Gasteiger partial charge in [0.05, 0.1) is 17.7 Å². The summed E-state index contributed by atoms with van der Waals surface area (Å²) in [5, 5.41) is 12.5. The highest BCUT2D eigenvalue weighted by atomic mass is 79.9. The van der Waals surface area contributed by atoms with E-state index >= 15 is 0 Å². The predicted octanol–water partition coefficient (Wildman–Crippen LogP) is 2.85. The topological polar surface area (TPSA) is 49.3 Å². The summed E-state index contributed by atoms with van der Waals surface area (Å²) in [4.78, 5) is 11.9. The molecule has 0 saturated carbocycles. The van der Waals surface area contributed by atoms with Gasteiger partial charge in [-0.3, -0.25) is 4.79 Å². The van der Waals surface area contributed by atoms with Crippen molar-refractivity contribution in [1.29, 1.82) is 0 Å². The van der Waals surface area contributed by atoms with Crippen molar-refractivity contribution in [2.75, 3.05) is 6.61 Å². The fraction of sp³-hybridized carbons (Fsp3) is 0.417. The molecule has 0 aliphatic heterocycles. The number of aliphatic hydroxyl groups excluding tert-OH is 1. The van der Waals surface area contributed by atoms with Crippen molar-refractivity contribution < 1.29 is 9.90 Å². The fourth-order valence-corrected chi connectivity index (χ4v) is 1.81. The third-order valence-electron chi connectivity index (χ3n) is 2.50. The van der Waals surface area contributed by atoms with E-state index in [9.17, 15) is 4.79 Å². The summed E-state index contributed by atoms with van der Waals surface area (Å²) in [5.74, 6) is -0.0326. The Morgan fingerprint density at radius 1 is 1.53 bits per heavy atom. The molecule has 0 radical (unpaired) electrons. The monoisotopic (exact) mass is 319 g/mol. The van der Waals surface area contributed by atoms with E-state index < -0.39 is 0 Å². The molecule has 0 fully saturated rings. The van der Waals surface area contributed by atoms with E-state index in [1.54, 1.807) is 18.2 Å². The van der Waals surface area contributed by atoms with Gasteiger partial charge in [-0.15, -0.1) is 0 Å². The predicted molar refractivity (Wildman–Crippen MR) is 72.3 cm³/mol. The number of aliphatic hydroxyl groups is 1. The highest BCUT2D eigenvalue weighted by Crippen LogP contribution is 2.23. The van der Waals surface area contributed by atoms with Crippen molar-refractivity contribution in [3.05, 3.63) is 33.3 Å². The van der Waals surface area contributed by atoms with Gasteiger partial charge in [0.25, 0.3) is 5.91 Å². The van der Waals surface area contributed by atoms with Crippen molar-refractivity contribution in [3.63, 3.8) is 0 Å².